The Morgan fingerprint density at radius 3 is 2.56 bits per heavy atom. The highest BCUT2D eigenvalue weighted by Gasteiger charge is 2.19. The molecule has 1 aromatic carbocycles. The van der Waals surface area contributed by atoms with Crippen molar-refractivity contribution in [3.05, 3.63) is 53.3 Å². The average molecular weight is 244 g/mol. The summed E-state index contributed by atoms with van der Waals surface area (Å²) in [5.74, 6) is -0.791. The largest absolute Gasteiger partial charge is 0.478 e. The van der Waals surface area contributed by atoms with E-state index in [0.717, 1.165) is 11.3 Å². The molecule has 0 bridgehead atoms. The fraction of sp³-hybridized carbons (Fsp3) is 0.286. The van der Waals surface area contributed by atoms with Crippen LogP contribution in [0.2, 0.25) is 0 Å². The summed E-state index contributed by atoms with van der Waals surface area (Å²) in [5.41, 5.74) is 2.17. The number of benzene rings is 1. The Labute approximate surface area is 106 Å². The molecular formula is C14H16N2O2. The lowest BCUT2D eigenvalue weighted by molar-refractivity contribution is 0.0695. The Hall–Kier alpha value is -2.10. The Bertz CT molecular complexity index is 544. The number of rotatable bonds is 4. The molecule has 0 atom stereocenters. The van der Waals surface area contributed by atoms with Crippen molar-refractivity contribution in [1.82, 2.24) is 9.78 Å². The van der Waals surface area contributed by atoms with Crippen LogP contribution in [-0.4, -0.2) is 20.9 Å². The fourth-order valence-electron chi connectivity index (χ4n) is 2.05. The van der Waals surface area contributed by atoms with Gasteiger partial charge in [-0.25, -0.2) is 4.79 Å². The monoisotopic (exact) mass is 244 g/mol. The van der Waals surface area contributed by atoms with Crippen LogP contribution >= 0.6 is 0 Å². The standard InChI is InChI=1S/C14H16N2O2/c1-10(2)13-12(14(17)18)8-15-16(13)9-11-6-4-3-5-7-11/h3-8,10H,9H2,1-2H3,(H,17,18). The minimum absolute atomic E-state index is 0.127. The first-order valence-corrected chi connectivity index (χ1v) is 5.92. The number of carboxylic acid groups (broad SMARTS) is 1. The quantitative estimate of drug-likeness (QED) is 0.899. The smallest absolute Gasteiger partial charge is 0.339 e. The summed E-state index contributed by atoms with van der Waals surface area (Å²) >= 11 is 0. The second-order valence-corrected chi connectivity index (χ2v) is 4.55. The van der Waals surface area contributed by atoms with Gasteiger partial charge in [-0.15, -0.1) is 0 Å². The predicted molar refractivity (Wildman–Crippen MR) is 68.8 cm³/mol. The molecule has 0 saturated carbocycles. The van der Waals surface area contributed by atoms with Crippen LogP contribution in [0.1, 0.15) is 41.4 Å². The summed E-state index contributed by atoms with van der Waals surface area (Å²) in [6, 6.07) is 9.90. The Morgan fingerprint density at radius 2 is 2.00 bits per heavy atom. The zero-order chi connectivity index (χ0) is 13.1. The SMILES string of the molecule is CC(C)c1c(C(=O)O)cnn1Cc1ccccc1. The van der Waals surface area contributed by atoms with Crippen molar-refractivity contribution in [3.8, 4) is 0 Å². The van der Waals surface area contributed by atoms with Gasteiger partial charge < -0.3 is 5.11 Å². The first-order chi connectivity index (χ1) is 8.59. The number of aromatic carboxylic acids is 1. The topological polar surface area (TPSA) is 55.1 Å². The number of hydrogen-bond donors (Lipinski definition) is 1. The van der Waals surface area contributed by atoms with E-state index in [1.807, 2.05) is 44.2 Å². The van der Waals surface area contributed by atoms with Crippen LogP contribution < -0.4 is 0 Å². The summed E-state index contributed by atoms with van der Waals surface area (Å²) < 4.78 is 1.77. The minimum atomic E-state index is -0.919. The highest BCUT2D eigenvalue weighted by molar-refractivity contribution is 5.88. The lowest BCUT2D eigenvalue weighted by Crippen LogP contribution is -2.10. The van der Waals surface area contributed by atoms with Crippen molar-refractivity contribution in [3.63, 3.8) is 0 Å². The van der Waals surface area contributed by atoms with E-state index in [2.05, 4.69) is 5.10 Å². The van der Waals surface area contributed by atoms with Crippen molar-refractivity contribution in [2.24, 2.45) is 0 Å². The van der Waals surface area contributed by atoms with Gasteiger partial charge in [-0.2, -0.15) is 5.10 Å². The molecule has 4 heteroatoms. The van der Waals surface area contributed by atoms with Gasteiger partial charge in [-0.3, -0.25) is 4.68 Å². The Kier molecular flexibility index (Phi) is 3.46. The second-order valence-electron chi connectivity index (χ2n) is 4.55. The minimum Gasteiger partial charge on any atom is -0.478 e. The zero-order valence-electron chi connectivity index (χ0n) is 10.5. The van der Waals surface area contributed by atoms with Crippen molar-refractivity contribution in [2.75, 3.05) is 0 Å². The summed E-state index contributed by atoms with van der Waals surface area (Å²) in [5, 5.41) is 13.3. The maximum atomic E-state index is 11.1. The van der Waals surface area contributed by atoms with E-state index < -0.39 is 5.97 Å². The van der Waals surface area contributed by atoms with Crippen LogP contribution in [-0.2, 0) is 6.54 Å². The average Bonchev–Trinajstić information content (AvgIpc) is 2.74. The van der Waals surface area contributed by atoms with Gasteiger partial charge in [-0.05, 0) is 11.5 Å². The normalized spacial score (nSPS) is 10.8. The summed E-state index contributed by atoms with van der Waals surface area (Å²) in [6.07, 6.45) is 1.43. The van der Waals surface area contributed by atoms with Crippen LogP contribution in [0, 0.1) is 0 Å². The zero-order valence-corrected chi connectivity index (χ0v) is 10.5. The Morgan fingerprint density at radius 1 is 1.33 bits per heavy atom. The highest BCUT2D eigenvalue weighted by Crippen LogP contribution is 2.20. The molecule has 4 nitrogen and oxygen atoms in total. The molecule has 1 N–H and O–H groups in total. The number of carbonyl (C=O) groups is 1. The predicted octanol–water partition coefficient (Wildman–Crippen LogP) is 2.75. The number of aromatic nitrogens is 2. The van der Waals surface area contributed by atoms with E-state index in [-0.39, 0.29) is 5.92 Å². The molecule has 0 aliphatic rings. The van der Waals surface area contributed by atoms with E-state index in [0.29, 0.717) is 12.1 Å². The van der Waals surface area contributed by atoms with E-state index in [1.54, 1.807) is 4.68 Å². The van der Waals surface area contributed by atoms with Gasteiger partial charge >= 0.3 is 5.97 Å². The third-order valence-electron chi connectivity index (χ3n) is 2.83. The van der Waals surface area contributed by atoms with Crippen LogP contribution in [0.3, 0.4) is 0 Å². The maximum Gasteiger partial charge on any atom is 0.339 e. The van der Waals surface area contributed by atoms with Gasteiger partial charge in [0.15, 0.2) is 0 Å². The molecule has 2 aromatic rings. The molecule has 94 valence electrons. The van der Waals surface area contributed by atoms with Crippen LogP contribution in [0.4, 0.5) is 0 Å². The lowest BCUT2D eigenvalue weighted by atomic mass is 10.1. The van der Waals surface area contributed by atoms with E-state index >= 15 is 0 Å². The molecule has 0 aliphatic heterocycles. The van der Waals surface area contributed by atoms with Crippen LogP contribution in [0.5, 0.6) is 0 Å². The molecule has 0 fully saturated rings. The van der Waals surface area contributed by atoms with Crippen LogP contribution in [0.25, 0.3) is 0 Å². The summed E-state index contributed by atoms with van der Waals surface area (Å²) in [4.78, 5) is 11.1. The van der Waals surface area contributed by atoms with Crippen molar-refractivity contribution in [1.29, 1.82) is 0 Å². The molecule has 0 unspecified atom stereocenters. The first kappa shape index (κ1) is 12.4. The fourth-order valence-corrected chi connectivity index (χ4v) is 2.05. The van der Waals surface area contributed by atoms with Crippen LogP contribution in [0.15, 0.2) is 36.5 Å². The van der Waals surface area contributed by atoms with Crippen molar-refractivity contribution in [2.45, 2.75) is 26.3 Å². The molecule has 18 heavy (non-hydrogen) atoms. The molecule has 0 spiro atoms. The highest BCUT2D eigenvalue weighted by atomic mass is 16.4. The van der Waals surface area contributed by atoms with Gasteiger partial charge in [0.2, 0.25) is 0 Å². The molecular weight excluding hydrogens is 228 g/mol. The summed E-state index contributed by atoms with van der Waals surface area (Å²) in [7, 11) is 0. The Balaban J connectivity index is 2.37. The third-order valence-corrected chi connectivity index (χ3v) is 2.83. The van der Waals surface area contributed by atoms with Gasteiger partial charge in [0.1, 0.15) is 5.56 Å². The van der Waals surface area contributed by atoms with Gasteiger partial charge in [0.25, 0.3) is 0 Å². The van der Waals surface area contributed by atoms with Gasteiger partial charge in [0, 0.05) is 0 Å². The molecule has 1 heterocycles. The second kappa shape index (κ2) is 5.04. The molecule has 0 radical (unpaired) electrons. The van der Waals surface area contributed by atoms with Crippen molar-refractivity contribution >= 4 is 5.97 Å². The maximum absolute atomic E-state index is 11.1. The van der Waals surface area contributed by atoms with Gasteiger partial charge in [0.05, 0.1) is 18.4 Å². The molecule has 1 aromatic heterocycles. The molecule has 0 aliphatic carbocycles. The molecule has 2 rings (SSSR count). The number of nitrogens with zero attached hydrogens (tertiary/aromatic N) is 2. The number of carboxylic acids is 1. The van der Waals surface area contributed by atoms with E-state index in [1.165, 1.54) is 6.20 Å². The van der Waals surface area contributed by atoms with E-state index in [9.17, 15) is 4.79 Å². The molecule has 0 amide bonds. The summed E-state index contributed by atoms with van der Waals surface area (Å²) in [6.45, 7) is 4.55. The third kappa shape index (κ3) is 2.42. The van der Waals surface area contributed by atoms with Crippen molar-refractivity contribution < 1.29 is 9.90 Å². The molecule has 0 saturated heterocycles. The van der Waals surface area contributed by atoms with E-state index in [4.69, 9.17) is 5.11 Å². The first-order valence-electron chi connectivity index (χ1n) is 5.92. The lowest BCUT2D eigenvalue weighted by Gasteiger charge is -2.11. The van der Waals surface area contributed by atoms with Gasteiger partial charge in [-0.1, -0.05) is 44.2 Å². The number of hydrogen-bond acceptors (Lipinski definition) is 2.